The molecule has 0 atom stereocenters. The number of thioether (sulfide) groups is 1. The maximum Gasteiger partial charge on any atom is 0.262 e. The Labute approximate surface area is 186 Å². The van der Waals surface area contributed by atoms with Gasteiger partial charge >= 0.3 is 0 Å². The average Bonchev–Trinajstić information content (AvgIpc) is 2.75. The molecule has 0 aliphatic heterocycles. The van der Waals surface area contributed by atoms with Gasteiger partial charge in [-0.25, -0.2) is 9.37 Å². The Morgan fingerprint density at radius 2 is 1.87 bits per heavy atom. The average molecular weight is 454 g/mol. The fourth-order valence-corrected chi connectivity index (χ4v) is 4.12. The summed E-state index contributed by atoms with van der Waals surface area (Å²) < 4.78 is 14.9. The quantitative estimate of drug-likeness (QED) is 0.331. The number of amides is 1. The topological polar surface area (TPSA) is 64.0 Å². The van der Waals surface area contributed by atoms with Gasteiger partial charge in [0.2, 0.25) is 5.91 Å². The normalized spacial score (nSPS) is 10.9. The van der Waals surface area contributed by atoms with Gasteiger partial charge in [-0.3, -0.25) is 14.2 Å². The number of carbonyl (C=O) groups is 1. The Morgan fingerprint density at radius 3 is 2.68 bits per heavy atom. The number of aromatic nitrogens is 2. The molecule has 0 aliphatic rings. The van der Waals surface area contributed by atoms with Crippen LogP contribution in [0.25, 0.3) is 10.9 Å². The van der Waals surface area contributed by atoms with E-state index in [1.807, 2.05) is 12.1 Å². The third-order valence-electron chi connectivity index (χ3n) is 4.50. The lowest BCUT2D eigenvalue weighted by Crippen LogP contribution is -2.25. The van der Waals surface area contributed by atoms with Crippen LogP contribution >= 0.6 is 23.4 Å². The summed E-state index contributed by atoms with van der Waals surface area (Å²) in [4.78, 5) is 30.1. The number of carbonyl (C=O) groups excluding carboxylic acids is 1. The highest BCUT2D eigenvalue weighted by Gasteiger charge is 2.14. The fourth-order valence-electron chi connectivity index (χ4n) is 3.11. The molecule has 1 amide bonds. The third-order valence-corrected chi connectivity index (χ3v) is 5.71. The number of benzene rings is 3. The minimum absolute atomic E-state index is 0.0108. The first-order valence-electron chi connectivity index (χ1n) is 9.42. The van der Waals surface area contributed by atoms with Crippen molar-refractivity contribution in [2.24, 2.45) is 0 Å². The van der Waals surface area contributed by atoms with Gasteiger partial charge in [0.05, 0.1) is 23.2 Å². The number of hydrogen-bond acceptors (Lipinski definition) is 4. The molecule has 3 aromatic carbocycles. The Hall–Kier alpha value is -3.16. The van der Waals surface area contributed by atoms with Crippen molar-refractivity contribution in [3.8, 4) is 0 Å². The lowest BCUT2D eigenvalue weighted by atomic mass is 10.2. The summed E-state index contributed by atoms with van der Waals surface area (Å²) >= 11 is 7.23. The van der Waals surface area contributed by atoms with Gasteiger partial charge in [0.15, 0.2) is 5.16 Å². The van der Waals surface area contributed by atoms with Crippen LogP contribution in [0.4, 0.5) is 10.1 Å². The fraction of sp³-hybridized carbons (Fsp3) is 0.0870. The van der Waals surface area contributed by atoms with Crippen LogP contribution in [0.5, 0.6) is 0 Å². The molecule has 1 aromatic heterocycles. The molecule has 0 fully saturated rings. The maximum absolute atomic E-state index is 13.3. The summed E-state index contributed by atoms with van der Waals surface area (Å²) in [5.74, 6) is -0.749. The van der Waals surface area contributed by atoms with Gasteiger partial charge in [-0.1, -0.05) is 53.7 Å². The summed E-state index contributed by atoms with van der Waals surface area (Å²) in [5, 5.41) is 4.13. The Morgan fingerprint density at radius 1 is 1.06 bits per heavy atom. The van der Waals surface area contributed by atoms with E-state index in [1.165, 1.54) is 22.8 Å². The molecule has 31 heavy (non-hydrogen) atoms. The molecule has 1 N–H and O–H groups in total. The van der Waals surface area contributed by atoms with Gasteiger partial charge in [-0.2, -0.15) is 0 Å². The van der Waals surface area contributed by atoms with Gasteiger partial charge < -0.3 is 5.32 Å². The zero-order chi connectivity index (χ0) is 21.8. The van der Waals surface area contributed by atoms with Crippen molar-refractivity contribution in [3.63, 3.8) is 0 Å². The Balaban J connectivity index is 1.62. The predicted octanol–water partition coefficient (Wildman–Crippen LogP) is 4.97. The second kappa shape index (κ2) is 9.32. The standard InChI is InChI=1S/C23H17ClFN3O2S/c24-16-6-3-5-15(11-16)13-28-22(30)19-9-1-2-10-20(19)27-23(28)31-14-21(29)26-18-8-4-7-17(25)12-18/h1-12H,13-14H2,(H,26,29). The SMILES string of the molecule is O=C(CSc1nc2ccccc2c(=O)n1Cc1cccc(Cl)c1)Nc1cccc(F)c1. The van der Waals surface area contributed by atoms with Gasteiger partial charge in [0.1, 0.15) is 5.82 Å². The van der Waals surface area contributed by atoms with Gasteiger partial charge in [-0.05, 0) is 48.0 Å². The van der Waals surface area contributed by atoms with E-state index in [2.05, 4.69) is 10.3 Å². The number of fused-ring (bicyclic) bond motifs is 1. The number of nitrogens with zero attached hydrogens (tertiary/aromatic N) is 2. The van der Waals surface area contributed by atoms with Crippen LogP contribution in [0, 0.1) is 5.82 Å². The van der Waals surface area contributed by atoms with Crippen molar-refractivity contribution in [3.05, 3.63) is 99.6 Å². The zero-order valence-electron chi connectivity index (χ0n) is 16.2. The molecule has 0 aliphatic carbocycles. The predicted molar refractivity (Wildman–Crippen MR) is 122 cm³/mol. The van der Waals surface area contributed by atoms with E-state index < -0.39 is 5.82 Å². The van der Waals surface area contributed by atoms with Crippen LogP contribution in [-0.4, -0.2) is 21.2 Å². The van der Waals surface area contributed by atoms with E-state index in [-0.39, 0.29) is 23.8 Å². The van der Waals surface area contributed by atoms with Gasteiger partial charge in [-0.15, -0.1) is 0 Å². The minimum Gasteiger partial charge on any atom is -0.325 e. The number of nitrogens with one attached hydrogen (secondary N) is 1. The molecule has 0 saturated carbocycles. The van der Waals surface area contributed by atoms with Crippen LogP contribution < -0.4 is 10.9 Å². The minimum atomic E-state index is -0.433. The van der Waals surface area contributed by atoms with E-state index in [1.54, 1.807) is 42.5 Å². The molecule has 4 rings (SSSR count). The number of hydrogen-bond donors (Lipinski definition) is 1. The first kappa shape index (κ1) is 21.1. The summed E-state index contributed by atoms with van der Waals surface area (Å²) in [6, 6.07) is 20.0. The molecule has 1 heterocycles. The molecular weight excluding hydrogens is 437 g/mol. The largest absolute Gasteiger partial charge is 0.325 e. The zero-order valence-corrected chi connectivity index (χ0v) is 17.8. The van der Waals surface area contributed by atoms with Crippen molar-refractivity contribution < 1.29 is 9.18 Å². The number of anilines is 1. The lowest BCUT2D eigenvalue weighted by Gasteiger charge is -2.13. The van der Waals surface area contributed by atoms with E-state index in [0.29, 0.717) is 26.8 Å². The first-order valence-corrected chi connectivity index (χ1v) is 10.8. The molecule has 0 unspecified atom stereocenters. The molecule has 4 aromatic rings. The molecular formula is C23H17ClFN3O2S. The van der Waals surface area contributed by atoms with Crippen LogP contribution in [0.1, 0.15) is 5.56 Å². The maximum atomic E-state index is 13.3. The van der Waals surface area contributed by atoms with Crippen molar-refractivity contribution in [2.45, 2.75) is 11.7 Å². The summed E-state index contributed by atoms with van der Waals surface area (Å²) in [5.41, 5.74) is 1.58. The van der Waals surface area contributed by atoms with Crippen molar-refractivity contribution in [2.75, 3.05) is 11.1 Å². The van der Waals surface area contributed by atoms with E-state index in [9.17, 15) is 14.0 Å². The molecule has 5 nitrogen and oxygen atoms in total. The molecule has 0 bridgehead atoms. The Bertz CT molecular complexity index is 1330. The molecule has 0 spiro atoms. The van der Waals surface area contributed by atoms with Gasteiger partial charge in [0.25, 0.3) is 5.56 Å². The van der Waals surface area contributed by atoms with E-state index >= 15 is 0 Å². The highest BCUT2D eigenvalue weighted by Crippen LogP contribution is 2.20. The number of rotatable bonds is 6. The van der Waals surface area contributed by atoms with Crippen LogP contribution in [0.15, 0.2) is 82.7 Å². The lowest BCUT2D eigenvalue weighted by molar-refractivity contribution is -0.113. The van der Waals surface area contributed by atoms with Gasteiger partial charge in [0, 0.05) is 10.7 Å². The smallest absolute Gasteiger partial charge is 0.262 e. The third kappa shape index (κ3) is 5.13. The first-order chi connectivity index (χ1) is 15.0. The highest BCUT2D eigenvalue weighted by molar-refractivity contribution is 7.99. The number of halogens is 2. The number of para-hydroxylation sites is 1. The molecule has 156 valence electrons. The van der Waals surface area contributed by atoms with Crippen LogP contribution in [0.2, 0.25) is 5.02 Å². The molecule has 0 saturated heterocycles. The Kier molecular flexibility index (Phi) is 6.34. The van der Waals surface area contributed by atoms with Crippen LogP contribution in [-0.2, 0) is 11.3 Å². The summed E-state index contributed by atoms with van der Waals surface area (Å²) in [6.45, 7) is 0.269. The van der Waals surface area contributed by atoms with E-state index in [4.69, 9.17) is 11.6 Å². The second-order valence-electron chi connectivity index (χ2n) is 6.78. The van der Waals surface area contributed by atoms with E-state index in [0.717, 1.165) is 17.3 Å². The second-order valence-corrected chi connectivity index (χ2v) is 8.16. The monoisotopic (exact) mass is 453 g/mol. The van der Waals surface area contributed by atoms with Crippen LogP contribution in [0.3, 0.4) is 0 Å². The molecule has 0 radical (unpaired) electrons. The highest BCUT2D eigenvalue weighted by atomic mass is 35.5. The summed E-state index contributed by atoms with van der Waals surface area (Å²) in [6.07, 6.45) is 0. The summed E-state index contributed by atoms with van der Waals surface area (Å²) in [7, 11) is 0. The van der Waals surface area contributed by atoms with Crippen molar-refractivity contribution >= 4 is 45.9 Å². The van der Waals surface area contributed by atoms with Crippen molar-refractivity contribution in [1.29, 1.82) is 0 Å². The molecule has 8 heteroatoms. The van der Waals surface area contributed by atoms with Crippen molar-refractivity contribution in [1.82, 2.24) is 9.55 Å².